The number of carbonyl (C=O) groups is 1. The summed E-state index contributed by atoms with van der Waals surface area (Å²) in [6.45, 7) is 0.0122. The first-order chi connectivity index (χ1) is 8.54. The Labute approximate surface area is 103 Å². The van der Waals surface area contributed by atoms with Gasteiger partial charge in [0.25, 0.3) is 0 Å². The molecule has 0 spiro atoms. The van der Waals surface area contributed by atoms with Crippen LogP contribution in [0.5, 0.6) is 0 Å². The highest BCUT2D eigenvalue weighted by Crippen LogP contribution is 2.17. The second-order valence-corrected chi connectivity index (χ2v) is 4.33. The summed E-state index contributed by atoms with van der Waals surface area (Å²) in [5.41, 5.74) is -0.00557. The zero-order valence-electron chi connectivity index (χ0n) is 9.52. The second kappa shape index (κ2) is 5.17. The molecule has 5 atom stereocenters. The summed E-state index contributed by atoms with van der Waals surface area (Å²) in [6, 6.07) is 0. The molecule has 7 nitrogen and oxygen atoms in total. The molecule has 1 fully saturated rings. The molecule has 0 saturated carbocycles. The number of carboxylic acids is 1. The van der Waals surface area contributed by atoms with Gasteiger partial charge in [-0.25, -0.2) is 0 Å². The highest BCUT2D eigenvalue weighted by Gasteiger charge is 2.47. The Morgan fingerprint density at radius 1 is 1.50 bits per heavy atom. The van der Waals surface area contributed by atoms with Gasteiger partial charge in [0.1, 0.15) is 25.0 Å². The van der Waals surface area contributed by atoms with Crippen LogP contribution in [0, 0.1) is 0 Å². The van der Waals surface area contributed by atoms with Crippen LogP contribution in [0.15, 0.2) is 23.9 Å². The third-order valence-corrected chi connectivity index (χ3v) is 3.14. The predicted molar refractivity (Wildman–Crippen MR) is 55.8 cm³/mol. The minimum Gasteiger partial charge on any atom is -0.545 e. The highest BCUT2D eigenvalue weighted by molar-refractivity contribution is 5.87. The number of quaternary nitrogens is 1. The maximum Gasteiger partial charge on any atom is 0.225 e. The van der Waals surface area contributed by atoms with E-state index in [-0.39, 0.29) is 5.57 Å². The van der Waals surface area contributed by atoms with E-state index in [1.807, 2.05) is 0 Å². The van der Waals surface area contributed by atoms with Gasteiger partial charge in [0.05, 0.1) is 18.1 Å². The molecule has 4 N–H and O–H groups in total. The zero-order valence-corrected chi connectivity index (χ0v) is 9.52. The van der Waals surface area contributed by atoms with Crippen molar-refractivity contribution in [2.45, 2.75) is 24.5 Å². The molecule has 2 aliphatic rings. The van der Waals surface area contributed by atoms with E-state index < -0.39 is 37.1 Å². The Bertz CT molecular complexity index is 393. The average Bonchev–Trinajstić information content (AvgIpc) is 2.66. The summed E-state index contributed by atoms with van der Waals surface area (Å²) in [5.74, 6) is -1.31. The maximum absolute atomic E-state index is 10.7. The lowest BCUT2D eigenvalue weighted by atomic mass is 10.1. The lowest BCUT2D eigenvalue weighted by molar-refractivity contribution is -0.897. The summed E-state index contributed by atoms with van der Waals surface area (Å²) >= 11 is 0. The standard InChI is InChI=1S/C11H15NO6/c13-5-7-8(14)9(15)10(18-7)12-3-1-2-6(4-12)11(16)17/h1-2,4,7-10,13-15H,3,5H2,(H,16,17)/t7-,8-,9-,10-/m1/s1. The Morgan fingerprint density at radius 2 is 2.22 bits per heavy atom. The number of aliphatic hydroxyl groups is 3. The molecular weight excluding hydrogens is 242 g/mol. The van der Waals surface area contributed by atoms with E-state index in [9.17, 15) is 20.1 Å². The van der Waals surface area contributed by atoms with E-state index in [4.69, 9.17) is 9.84 Å². The number of ether oxygens (including phenoxy) is 1. The lowest BCUT2D eigenvalue weighted by Crippen LogP contribution is -3.13. The number of hydrogen-bond donors (Lipinski definition) is 4. The van der Waals surface area contributed by atoms with Crippen molar-refractivity contribution in [1.29, 1.82) is 0 Å². The molecule has 2 rings (SSSR count). The highest BCUT2D eigenvalue weighted by atomic mass is 16.6. The summed E-state index contributed by atoms with van der Waals surface area (Å²) in [5, 5.41) is 39.1. The lowest BCUT2D eigenvalue weighted by Gasteiger charge is -2.25. The molecule has 0 aromatic carbocycles. The molecule has 1 unspecified atom stereocenters. The van der Waals surface area contributed by atoms with E-state index in [1.165, 1.54) is 12.3 Å². The third-order valence-electron chi connectivity index (χ3n) is 3.14. The van der Waals surface area contributed by atoms with Gasteiger partial charge in [0.2, 0.25) is 6.23 Å². The van der Waals surface area contributed by atoms with Crippen molar-refractivity contribution in [3.05, 3.63) is 23.9 Å². The average molecular weight is 257 g/mol. The van der Waals surface area contributed by atoms with E-state index in [0.29, 0.717) is 11.4 Å². The van der Waals surface area contributed by atoms with E-state index in [1.54, 1.807) is 6.08 Å². The molecule has 2 heterocycles. The molecule has 0 amide bonds. The van der Waals surface area contributed by atoms with Gasteiger partial charge in [-0.3, -0.25) is 4.90 Å². The molecule has 0 bridgehead atoms. The van der Waals surface area contributed by atoms with Crippen molar-refractivity contribution in [2.75, 3.05) is 13.2 Å². The van der Waals surface area contributed by atoms with Crippen LogP contribution in [0.4, 0.5) is 0 Å². The van der Waals surface area contributed by atoms with Gasteiger partial charge in [0.15, 0.2) is 6.10 Å². The van der Waals surface area contributed by atoms with Crippen molar-refractivity contribution in [1.82, 2.24) is 0 Å². The largest absolute Gasteiger partial charge is 0.545 e. The van der Waals surface area contributed by atoms with Gasteiger partial charge in [-0.1, -0.05) is 0 Å². The molecule has 1 saturated heterocycles. The minimum atomic E-state index is -1.31. The van der Waals surface area contributed by atoms with Crippen LogP contribution in [0.3, 0.4) is 0 Å². The number of aliphatic hydroxyl groups excluding tert-OH is 3. The van der Waals surface area contributed by atoms with Crippen molar-refractivity contribution < 1.29 is 34.9 Å². The molecule has 7 heteroatoms. The Kier molecular flexibility index (Phi) is 3.79. The van der Waals surface area contributed by atoms with Crippen LogP contribution in [-0.4, -0.2) is 59.0 Å². The molecule has 0 aliphatic carbocycles. The first-order valence-corrected chi connectivity index (χ1v) is 5.62. The third kappa shape index (κ3) is 2.31. The van der Waals surface area contributed by atoms with Crippen molar-refractivity contribution in [3.63, 3.8) is 0 Å². The predicted octanol–water partition coefficient (Wildman–Crippen LogP) is -4.49. The Hall–Kier alpha value is -1.25. The van der Waals surface area contributed by atoms with Crippen LogP contribution in [0.25, 0.3) is 0 Å². The van der Waals surface area contributed by atoms with Crippen molar-refractivity contribution in [3.8, 4) is 0 Å². The SMILES string of the molecule is O=C([O-])C1=C[NH+]([C@@H]2O[C@H](CO)[C@@H](O)[C@H]2O)CC=C1. The normalized spacial score (nSPS) is 39.7. The summed E-state index contributed by atoms with van der Waals surface area (Å²) in [4.78, 5) is 11.3. The summed E-state index contributed by atoms with van der Waals surface area (Å²) < 4.78 is 5.32. The van der Waals surface area contributed by atoms with Gasteiger partial charge in [0, 0.05) is 0 Å². The molecule has 0 aromatic heterocycles. The van der Waals surface area contributed by atoms with Gasteiger partial charge in [-0.05, 0) is 12.2 Å². The maximum atomic E-state index is 10.7. The van der Waals surface area contributed by atoms with Gasteiger partial charge < -0.3 is 30.0 Å². The fraction of sp³-hybridized carbons (Fsp3) is 0.545. The molecule has 0 radical (unpaired) electrons. The van der Waals surface area contributed by atoms with Crippen LogP contribution >= 0.6 is 0 Å². The number of nitrogens with one attached hydrogen (secondary N) is 1. The summed E-state index contributed by atoms with van der Waals surface area (Å²) in [6.07, 6.45) is 0.381. The molecule has 100 valence electrons. The van der Waals surface area contributed by atoms with Crippen LogP contribution in [0.2, 0.25) is 0 Å². The minimum absolute atomic E-state index is 0.00557. The van der Waals surface area contributed by atoms with E-state index in [2.05, 4.69) is 0 Å². The number of carbonyl (C=O) groups excluding carboxylic acids is 1. The molecular formula is C11H15NO6. The van der Waals surface area contributed by atoms with Crippen LogP contribution in [-0.2, 0) is 9.53 Å². The van der Waals surface area contributed by atoms with Gasteiger partial charge >= 0.3 is 0 Å². The molecule has 2 aliphatic heterocycles. The first-order valence-electron chi connectivity index (χ1n) is 5.62. The molecule has 0 aromatic rings. The fourth-order valence-corrected chi connectivity index (χ4v) is 2.16. The van der Waals surface area contributed by atoms with Gasteiger partial charge in [-0.2, -0.15) is 0 Å². The fourth-order valence-electron chi connectivity index (χ4n) is 2.16. The van der Waals surface area contributed by atoms with Gasteiger partial charge in [-0.15, -0.1) is 0 Å². The smallest absolute Gasteiger partial charge is 0.225 e. The number of rotatable bonds is 3. The first kappa shape index (κ1) is 13.2. The van der Waals surface area contributed by atoms with Crippen LogP contribution < -0.4 is 10.0 Å². The Balaban J connectivity index is 2.13. The monoisotopic (exact) mass is 257 g/mol. The van der Waals surface area contributed by atoms with Crippen molar-refractivity contribution in [2.24, 2.45) is 0 Å². The van der Waals surface area contributed by atoms with Crippen molar-refractivity contribution >= 4 is 5.97 Å². The van der Waals surface area contributed by atoms with E-state index in [0.717, 1.165) is 0 Å². The second-order valence-electron chi connectivity index (χ2n) is 4.33. The zero-order chi connectivity index (χ0) is 13.3. The quantitative estimate of drug-likeness (QED) is 0.405. The summed E-state index contributed by atoms with van der Waals surface area (Å²) in [7, 11) is 0. The van der Waals surface area contributed by atoms with E-state index >= 15 is 0 Å². The topological polar surface area (TPSA) is 114 Å². The number of carboxylic acid groups (broad SMARTS) is 1. The van der Waals surface area contributed by atoms with Crippen LogP contribution in [0.1, 0.15) is 0 Å². The number of hydrogen-bond acceptors (Lipinski definition) is 6. The Morgan fingerprint density at radius 3 is 2.78 bits per heavy atom. The number of aliphatic carboxylic acids is 1. The molecule has 18 heavy (non-hydrogen) atoms.